The zero-order valence-electron chi connectivity index (χ0n) is 11.6. The second-order valence-corrected chi connectivity index (χ2v) is 4.57. The second kappa shape index (κ2) is 9.65. The van der Waals surface area contributed by atoms with Gasteiger partial charge in [-0.2, -0.15) is 0 Å². The molecular formula is C11H20N2O9. The molecule has 11 heteroatoms. The van der Waals surface area contributed by atoms with Crippen molar-refractivity contribution in [2.24, 2.45) is 11.7 Å². The highest BCUT2D eigenvalue weighted by molar-refractivity contribution is 5.75. The Labute approximate surface area is 125 Å². The monoisotopic (exact) mass is 324 g/mol. The molecule has 0 saturated carbocycles. The van der Waals surface area contributed by atoms with E-state index in [1.165, 1.54) is 0 Å². The van der Waals surface area contributed by atoms with E-state index in [4.69, 9.17) is 26.2 Å². The number of nitrogens with two attached hydrogens (primary N) is 1. The first kappa shape index (κ1) is 22.0. The van der Waals surface area contributed by atoms with E-state index in [9.17, 15) is 19.2 Å². The summed E-state index contributed by atoms with van der Waals surface area (Å²) in [4.78, 5) is 43.4. The SMILES string of the molecule is NCC(CC(=O)O)C(CC(=O)O)(CC(=O)O)NCC(=O)O.O. The van der Waals surface area contributed by atoms with E-state index in [1.54, 1.807) is 0 Å². The molecule has 11 nitrogen and oxygen atoms in total. The lowest BCUT2D eigenvalue weighted by Crippen LogP contribution is -2.57. The Kier molecular flexibility index (Phi) is 9.67. The van der Waals surface area contributed by atoms with E-state index >= 15 is 0 Å². The van der Waals surface area contributed by atoms with Gasteiger partial charge in [0, 0.05) is 11.5 Å². The van der Waals surface area contributed by atoms with Gasteiger partial charge in [-0.15, -0.1) is 0 Å². The zero-order chi connectivity index (χ0) is 16.6. The minimum atomic E-state index is -1.76. The summed E-state index contributed by atoms with van der Waals surface area (Å²) in [5, 5.41) is 37.7. The number of carboxylic acids is 4. The van der Waals surface area contributed by atoms with Crippen LogP contribution in [0.4, 0.5) is 0 Å². The van der Waals surface area contributed by atoms with Crippen molar-refractivity contribution in [3.63, 3.8) is 0 Å². The molecule has 0 radical (unpaired) electrons. The van der Waals surface area contributed by atoms with Crippen LogP contribution in [0.1, 0.15) is 19.3 Å². The van der Waals surface area contributed by atoms with Crippen molar-refractivity contribution < 1.29 is 45.1 Å². The summed E-state index contributed by atoms with van der Waals surface area (Å²) in [6, 6.07) is 0. The van der Waals surface area contributed by atoms with Crippen molar-refractivity contribution >= 4 is 23.9 Å². The fraction of sp³-hybridized carbons (Fsp3) is 0.636. The lowest BCUT2D eigenvalue weighted by molar-refractivity contribution is -0.147. The molecule has 0 spiro atoms. The van der Waals surface area contributed by atoms with E-state index in [2.05, 4.69) is 5.32 Å². The second-order valence-electron chi connectivity index (χ2n) is 4.57. The molecule has 0 fully saturated rings. The van der Waals surface area contributed by atoms with Crippen LogP contribution in [0.5, 0.6) is 0 Å². The topological polar surface area (TPSA) is 219 Å². The third-order valence-corrected chi connectivity index (χ3v) is 3.01. The van der Waals surface area contributed by atoms with Crippen LogP contribution in [-0.4, -0.2) is 68.4 Å². The predicted octanol–water partition coefficient (Wildman–Crippen LogP) is -2.43. The Morgan fingerprint density at radius 1 is 0.909 bits per heavy atom. The van der Waals surface area contributed by atoms with Gasteiger partial charge < -0.3 is 31.6 Å². The van der Waals surface area contributed by atoms with Crippen LogP contribution in [0, 0.1) is 5.92 Å². The standard InChI is InChI=1S/C11H18N2O8.H2O/c12-4-6(1-7(14)15)11(2-8(16)17,3-9(18)19)13-5-10(20)21;/h6,13H,1-5,12H2,(H,14,15)(H,16,17)(H,18,19)(H,20,21);1H2. The third kappa shape index (κ3) is 7.52. The summed E-state index contributed by atoms with van der Waals surface area (Å²) in [7, 11) is 0. The Morgan fingerprint density at radius 3 is 1.64 bits per heavy atom. The maximum Gasteiger partial charge on any atom is 0.317 e. The third-order valence-electron chi connectivity index (χ3n) is 3.01. The fourth-order valence-electron chi connectivity index (χ4n) is 2.13. The normalized spacial score (nSPS) is 12.0. The van der Waals surface area contributed by atoms with Crippen molar-refractivity contribution in [2.75, 3.05) is 13.1 Å². The minimum absolute atomic E-state index is 0. The highest BCUT2D eigenvalue weighted by Crippen LogP contribution is 2.28. The van der Waals surface area contributed by atoms with Crippen molar-refractivity contribution in [3.05, 3.63) is 0 Å². The Morgan fingerprint density at radius 2 is 1.36 bits per heavy atom. The van der Waals surface area contributed by atoms with Crippen molar-refractivity contribution in [3.8, 4) is 0 Å². The van der Waals surface area contributed by atoms with Gasteiger partial charge >= 0.3 is 23.9 Å². The van der Waals surface area contributed by atoms with E-state index in [0.717, 1.165) is 0 Å². The fourth-order valence-corrected chi connectivity index (χ4v) is 2.13. The summed E-state index contributed by atoms with van der Waals surface area (Å²) >= 11 is 0. The van der Waals surface area contributed by atoms with Crippen LogP contribution in [0.3, 0.4) is 0 Å². The molecule has 1 unspecified atom stereocenters. The number of rotatable bonds is 11. The molecule has 0 heterocycles. The van der Waals surface area contributed by atoms with Crippen molar-refractivity contribution in [1.82, 2.24) is 5.32 Å². The minimum Gasteiger partial charge on any atom is -0.481 e. The smallest absolute Gasteiger partial charge is 0.317 e. The maximum absolute atomic E-state index is 11.0. The molecular weight excluding hydrogens is 304 g/mol. The van der Waals surface area contributed by atoms with Gasteiger partial charge in [0.2, 0.25) is 0 Å². The molecule has 22 heavy (non-hydrogen) atoms. The van der Waals surface area contributed by atoms with E-state index < -0.39 is 61.1 Å². The van der Waals surface area contributed by atoms with Crippen LogP contribution in [-0.2, 0) is 19.2 Å². The van der Waals surface area contributed by atoms with Crippen LogP contribution in [0.2, 0.25) is 0 Å². The number of hydrogen-bond acceptors (Lipinski definition) is 6. The molecule has 128 valence electrons. The molecule has 0 bridgehead atoms. The van der Waals surface area contributed by atoms with Gasteiger partial charge in [-0.1, -0.05) is 0 Å². The molecule has 0 rings (SSSR count). The number of carbonyl (C=O) groups is 4. The maximum atomic E-state index is 11.0. The number of aliphatic carboxylic acids is 4. The predicted molar refractivity (Wildman–Crippen MR) is 71.3 cm³/mol. The van der Waals surface area contributed by atoms with Crippen LogP contribution in [0.15, 0.2) is 0 Å². The van der Waals surface area contributed by atoms with E-state index in [0.29, 0.717) is 0 Å². The quantitative estimate of drug-likeness (QED) is 0.236. The highest BCUT2D eigenvalue weighted by atomic mass is 16.4. The summed E-state index contributed by atoms with van der Waals surface area (Å²) in [6.07, 6.45) is -2.10. The molecule has 0 amide bonds. The number of hydrogen-bond donors (Lipinski definition) is 6. The van der Waals surface area contributed by atoms with Crippen LogP contribution >= 0.6 is 0 Å². The Bertz CT molecular complexity index is 408. The van der Waals surface area contributed by atoms with Gasteiger partial charge in [0.15, 0.2) is 0 Å². The summed E-state index contributed by atoms with van der Waals surface area (Å²) in [5.74, 6) is -6.46. The molecule has 1 atom stereocenters. The molecule has 0 aliphatic heterocycles. The average molecular weight is 324 g/mol. The van der Waals surface area contributed by atoms with Crippen molar-refractivity contribution in [2.45, 2.75) is 24.8 Å². The largest absolute Gasteiger partial charge is 0.481 e. The Balaban J connectivity index is 0. The van der Waals surface area contributed by atoms with Gasteiger partial charge in [-0.05, 0) is 6.54 Å². The lowest BCUT2D eigenvalue weighted by atomic mass is 9.76. The molecule has 0 aromatic carbocycles. The molecule has 0 aromatic heterocycles. The summed E-state index contributed by atoms with van der Waals surface area (Å²) in [6.45, 7) is -1.02. The van der Waals surface area contributed by atoms with E-state index in [-0.39, 0.29) is 12.0 Å². The van der Waals surface area contributed by atoms with Crippen LogP contribution < -0.4 is 11.1 Å². The van der Waals surface area contributed by atoms with E-state index in [1.807, 2.05) is 0 Å². The molecule has 0 saturated heterocycles. The number of nitrogens with one attached hydrogen (secondary N) is 1. The first-order chi connectivity index (χ1) is 9.62. The Hall–Kier alpha value is -2.24. The molecule has 0 aliphatic rings. The average Bonchev–Trinajstić information content (AvgIpc) is 2.31. The van der Waals surface area contributed by atoms with Gasteiger partial charge in [0.25, 0.3) is 0 Å². The lowest BCUT2D eigenvalue weighted by Gasteiger charge is -2.38. The van der Waals surface area contributed by atoms with Crippen LogP contribution in [0.25, 0.3) is 0 Å². The molecule has 0 aliphatic carbocycles. The summed E-state index contributed by atoms with van der Waals surface area (Å²) in [5.41, 5.74) is 3.67. The van der Waals surface area contributed by atoms with Gasteiger partial charge in [0.1, 0.15) is 0 Å². The van der Waals surface area contributed by atoms with Gasteiger partial charge in [-0.25, -0.2) is 0 Å². The van der Waals surface area contributed by atoms with Gasteiger partial charge in [-0.3, -0.25) is 24.5 Å². The first-order valence-electron chi connectivity index (χ1n) is 5.95. The van der Waals surface area contributed by atoms with Crippen molar-refractivity contribution in [1.29, 1.82) is 0 Å². The molecule has 0 aromatic rings. The molecule has 9 N–H and O–H groups in total. The zero-order valence-corrected chi connectivity index (χ0v) is 11.6. The highest BCUT2D eigenvalue weighted by Gasteiger charge is 2.43. The van der Waals surface area contributed by atoms with Gasteiger partial charge in [0.05, 0.1) is 25.8 Å². The summed E-state index contributed by atoms with van der Waals surface area (Å²) < 4.78 is 0. The first-order valence-corrected chi connectivity index (χ1v) is 5.95. The number of carboxylic acid groups (broad SMARTS) is 4.